The Bertz CT molecular complexity index is 602. The Balaban J connectivity index is 1.60. The normalized spacial score (nSPS) is 14.3. The second-order valence-corrected chi connectivity index (χ2v) is 4.97. The highest BCUT2D eigenvalue weighted by atomic mass is 16.5. The van der Waals surface area contributed by atoms with Crippen molar-refractivity contribution < 1.29 is 9.47 Å². The van der Waals surface area contributed by atoms with E-state index in [0.717, 1.165) is 24.2 Å². The van der Waals surface area contributed by atoms with Gasteiger partial charge in [0.25, 0.3) is 0 Å². The fourth-order valence-electron chi connectivity index (χ4n) is 2.02. The quantitative estimate of drug-likeness (QED) is 0.879. The van der Waals surface area contributed by atoms with Crippen LogP contribution in [0.1, 0.15) is 24.8 Å². The molecule has 110 valence electrons. The van der Waals surface area contributed by atoms with E-state index in [0.29, 0.717) is 24.4 Å². The number of hydrogen-bond donors (Lipinski definition) is 1. The SMILES string of the molecule is COc1cc(NCc2ccnc(OC3CCC3)c2)ncn1. The number of nitrogens with zero attached hydrogens (tertiary/aromatic N) is 3. The van der Waals surface area contributed by atoms with Gasteiger partial charge in [0.15, 0.2) is 0 Å². The van der Waals surface area contributed by atoms with Gasteiger partial charge in [-0.15, -0.1) is 0 Å². The number of nitrogens with one attached hydrogen (secondary N) is 1. The first-order chi connectivity index (χ1) is 10.3. The third-order valence-corrected chi connectivity index (χ3v) is 3.46. The van der Waals surface area contributed by atoms with Gasteiger partial charge in [0.2, 0.25) is 11.8 Å². The minimum absolute atomic E-state index is 0.340. The summed E-state index contributed by atoms with van der Waals surface area (Å²) in [6.45, 7) is 0.643. The van der Waals surface area contributed by atoms with Gasteiger partial charge in [0.1, 0.15) is 18.2 Å². The molecule has 0 radical (unpaired) electrons. The van der Waals surface area contributed by atoms with E-state index < -0.39 is 0 Å². The molecule has 1 fully saturated rings. The molecule has 0 saturated heterocycles. The molecule has 0 spiro atoms. The summed E-state index contributed by atoms with van der Waals surface area (Å²) in [5, 5.41) is 3.23. The predicted molar refractivity (Wildman–Crippen MR) is 78.4 cm³/mol. The number of ether oxygens (including phenoxy) is 2. The van der Waals surface area contributed by atoms with E-state index in [1.54, 1.807) is 19.4 Å². The molecule has 1 N–H and O–H groups in total. The number of aromatic nitrogens is 3. The van der Waals surface area contributed by atoms with Crippen LogP contribution in [0, 0.1) is 0 Å². The number of anilines is 1. The molecular weight excluding hydrogens is 268 g/mol. The van der Waals surface area contributed by atoms with E-state index >= 15 is 0 Å². The number of pyridine rings is 1. The lowest BCUT2D eigenvalue weighted by molar-refractivity contribution is 0.114. The molecule has 0 unspecified atom stereocenters. The average Bonchev–Trinajstić information content (AvgIpc) is 2.50. The smallest absolute Gasteiger partial charge is 0.218 e. The molecular formula is C15H18N4O2. The fraction of sp³-hybridized carbons (Fsp3) is 0.400. The van der Waals surface area contributed by atoms with E-state index in [1.165, 1.54) is 12.7 Å². The van der Waals surface area contributed by atoms with Crippen molar-refractivity contribution in [2.75, 3.05) is 12.4 Å². The molecule has 1 aliphatic carbocycles. The zero-order chi connectivity index (χ0) is 14.5. The van der Waals surface area contributed by atoms with Gasteiger partial charge in [-0.25, -0.2) is 15.0 Å². The molecule has 0 amide bonds. The molecule has 3 rings (SSSR count). The van der Waals surface area contributed by atoms with Crippen molar-refractivity contribution in [3.63, 3.8) is 0 Å². The van der Waals surface area contributed by atoms with Crippen molar-refractivity contribution in [3.8, 4) is 11.8 Å². The van der Waals surface area contributed by atoms with Crippen LogP contribution in [0.5, 0.6) is 11.8 Å². The Morgan fingerprint density at radius 1 is 1.19 bits per heavy atom. The van der Waals surface area contributed by atoms with Crippen LogP contribution in [-0.4, -0.2) is 28.2 Å². The molecule has 0 atom stereocenters. The molecule has 6 nitrogen and oxygen atoms in total. The van der Waals surface area contributed by atoms with Gasteiger partial charge in [0, 0.05) is 24.9 Å². The fourth-order valence-corrected chi connectivity index (χ4v) is 2.02. The Kier molecular flexibility index (Phi) is 4.14. The highest BCUT2D eigenvalue weighted by Crippen LogP contribution is 2.24. The molecule has 2 aromatic rings. The molecule has 2 heterocycles. The summed E-state index contributed by atoms with van der Waals surface area (Å²) in [6, 6.07) is 5.68. The van der Waals surface area contributed by atoms with Crippen LogP contribution >= 0.6 is 0 Å². The standard InChI is InChI=1S/C15H18N4O2/c1-20-14-8-13(18-10-19-14)17-9-11-5-6-16-15(7-11)21-12-3-2-4-12/h5-8,10,12H,2-4,9H2,1H3,(H,17,18,19). The Morgan fingerprint density at radius 3 is 2.86 bits per heavy atom. The van der Waals surface area contributed by atoms with Gasteiger partial charge in [0.05, 0.1) is 7.11 Å². The number of rotatable bonds is 6. The molecule has 1 aliphatic rings. The van der Waals surface area contributed by atoms with E-state index in [1.807, 2.05) is 12.1 Å². The van der Waals surface area contributed by atoms with Crippen LogP contribution < -0.4 is 14.8 Å². The molecule has 2 aromatic heterocycles. The van der Waals surface area contributed by atoms with Gasteiger partial charge in [-0.3, -0.25) is 0 Å². The summed E-state index contributed by atoms with van der Waals surface area (Å²) < 4.78 is 10.9. The molecule has 0 bridgehead atoms. The summed E-state index contributed by atoms with van der Waals surface area (Å²) in [6.07, 6.45) is 7.09. The summed E-state index contributed by atoms with van der Waals surface area (Å²) in [5.74, 6) is 1.95. The topological polar surface area (TPSA) is 69.2 Å². The monoisotopic (exact) mass is 286 g/mol. The van der Waals surface area contributed by atoms with Crippen molar-refractivity contribution in [2.24, 2.45) is 0 Å². The van der Waals surface area contributed by atoms with Gasteiger partial charge in [-0.1, -0.05) is 0 Å². The van der Waals surface area contributed by atoms with Crippen molar-refractivity contribution >= 4 is 5.82 Å². The zero-order valence-corrected chi connectivity index (χ0v) is 12.0. The van der Waals surface area contributed by atoms with Crippen molar-refractivity contribution in [2.45, 2.75) is 31.9 Å². The second-order valence-electron chi connectivity index (χ2n) is 4.97. The first-order valence-corrected chi connectivity index (χ1v) is 7.05. The van der Waals surface area contributed by atoms with E-state index in [9.17, 15) is 0 Å². The first kappa shape index (κ1) is 13.6. The van der Waals surface area contributed by atoms with Crippen LogP contribution in [0.2, 0.25) is 0 Å². The van der Waals surface area contributed by atoms with Crippen LogP contribution in [0.4, 0.5) is 5.82 Å². The van der Waals surface area contributed by atoms with Gasteiger partial charge >= 0.3 is 0 Å². The van der Waals surface area contributed by atoms with Crippen LogP contribution in [0.25, 0.3) is 0 Å². The van der Waals surface area contributed by atoms with E-state index in [2.05, 4.69) is 20.3 Å². The lowest BCUT2D eigenvalue weighted by atomic mass is 9.96. The Morgan fingerprint density at radius 2 is 2.10 bits per heavy atom. The zero-order valence-electron chi connectivity index (χ0n) is 12.0. The number of methoxy groups -OCH3 is 1. The summed E-state index contributed by atoms with van der Waals surface area (Å²) in [7, 11) is 1.58. The summed E-state index contributed by atoms with van der Waals surface area (Å²) >= 11 is 0. The maximum atomic E-state index is 5.79. The van der Waals surface area contributed by atoms with Crippen LogP contribution in [0.3, 0.4) is 0 Å². The average molecular weight is 286 g/mol. The second kappa shape index (κ2) is 6.39. The maximum Gasteiger partial charge on any atom is 0.218 e. The summed E-state index contributed by atoms with van der Waals surface area (Å²) in [4.78, 5) is 12.4. The Labute approximate surface area is 123 Å². The van der Waals surface area contributed by atoms with Gasteiger partial charge in [-0.05, 0) is 30.9 Å². The molecule has 0 aliphatic heterocycles. The molecule has 21 heavy (non-hydrogen) atoms. The summed E-state index contributed by atoms with van der Waals surface area (Å²) in [5.41, 5.74) is 1.09. The van der Waals surface area contributed by atoms with Crippen molar-refractivity contribution in [1.29, 1.82) is 0 Å². The third-order valence-electron chi connectivity index (χ3n) is 3.46. The highest BCUT2D eigenvalue weighted by Gasteiger charge is 2.19. The highest BCUT2D eigenvalue weighted by molar-refractivity contribution is 5.38. The van der Waals surface area contributed by atoms with Gasteiger partial charge < -0.3 is 14.8 Å². The van der Waals surface area contributed by atoms with Crippen molar-refractivity contribution in [3.05, 3.63) is 36.3 Å². The predicted octanol–water partition coefficient (Wildman–Crippen LogP) is 2.42. The molecule has 6 heteroatoms. The van der Waals surface area contributed by atoms with Crippen LogP contribution in [-0.2, 0) is 6.54 Å². The lowest BCUT2D eigenvalue weighted by Gasteiger charge is -2.25. The number of hydrogen-bond acceptors (Lipinski definition) is 6. The first-order valence-electron chi connectivity index (χ1n) is 7.05. The van der Waals surface area contributed by atoms with Gasteiger partial charge in [-0.2, -0.15) is 0 Å². The minimum atomic E-state index is 0.340. The van der Waals surface area contributed by atoms with E-state index in [-0.39, 0.29) is 0 Å². The maximum absolute atomic E-state index is 5.79. The van der Waals surface area contributed by atoms with E-state index in [4.69, 9.17) is 9.47 Å². The minimum Gasteiger partial charge on any atom is -0.481 e. The largest absolute Gasteiger partial charge is 0.481 e. The Hall–Kier alpha value is -2.37. The lowest BCUT2D eigenvalue weighted by Crippen LogP contribution is -2.25. The van der Waals surface area contributed by atoms with Crippen molar-refractivity contribution in [1.82, 2.24) is 15.0 Å². The third kappa shape index (κ3) is 3.59. The van der Waals surface area contributed by atoms with Crippen LogP contribution in [0.15, 0.2) is 30.7 Å². The molecule has 1 saturated carbocycles. The molecule has 0 aromatic carbocycles.